The highest BCUT2D eigenvalue weighted by atomic mass is 16.5. The lowest BCUT2D eigenvalue weighted by atomic mass is 9.98. The minimum Gasteiger partial charge on any atom is -0.468 e. The van der Waals surface area contributed by atoms with E-state index in [1.165, 1.54) is 7.11 Å². The van der Waals surface area contributed by atoms with Crippen LogP contribution in [0.15, 0.2) is 30.3 Å². The molecule has 108 valence electrons. The minimum absolute atomic E-state index is 0.205. The summed E-state index contributed by atoms with van der Waals surface area (Å²) < 4.78 is 9.85. The zero-order chi connectivity index (χ0) is 14.4. The number of nitrogens with zero attached hydrogens (tertiary/aromatic N) is 1. The number of ether oxygens (including phenoxy) is 2. The number of hydrogen-bond acceptors (Lipinski definition) is 5. The molecule has 20 heavy (non-hydrogen) atoms. The second-order valence-electron chi connectivity index (χ2n) is 4.87. The van der Waals surface area contributed by atoms with E-state index < -0.39 is 0 Å². The molecular weight excluding hydrogens is 258 g/mol. The lowest BCUT2D eigenvalue weighted by Crippen LogP contribution is -2.49. The molecule has 1 aromatic carbocycles. The van der Waals surface area contributed by atoms with E-state index in [-0.39, 0.29) is 18.1 Å². The van der Waals surface area contributed by atoms with E-state index in [2.05, 4.69) is 4.90 Å². The van der Waals surface area contributed by atoms with E-state index in [1.54, 1.807) is 0 Å². The van der Waals surface area contributed by atoms with Crippen LogP contribution in [-0.2, 0) is 25.6 Å². The molecule has 0 amide bonds. The third-order valence-electron chi connectivity index (χ3n) is 3.61. The molecule has 1 aliphatic heterocycles. The van der Waals surface area contributed by atoms with E-state index in [1.807, 2.05) is 30.3 Å². The van der Waals surface area contributed by atoms with Gasteiger partial charge in [-0.05, 0) is 12.0 Å². The fraction of sp³-hybridized carbons (Fsp3) is 0.467. The highest BCUT2D eigenvalue weighted by Crippen LogP contribution is 2.22. The van der Waals surface area contributed by atoms with Crippen molar-refractivity contribution in [1.29, 1.82) is 0 Å². The number of likely N-dealkylation sites (tertiary alicyclic amines) is 1. The van der Waals surface area contributed by atoms with Gasteiger partial charge in [-0.1, -0.05) is 30.3 Å². The van der Waals surface area contributed by atoms with Crippen LogP contribution in [0.3, 0.4) is 0 Å². The smallest absolute Gasteiger partial charge is 0.323 e. The number of carbonyl (C=O) groups is 2. The first-order valence-electron chi connectivity index (χ1n) is 6.69. The quantitative estimate of drug-likeness (QED) is 0.601. The van der Waals surface area contributed by atoms with Gasteiger partial charge >= 0.3 is 5.97 Å². The van der Waals surface area contributed by atoms with Crippen molar-refractivity contribution in [3.05, 3.63) is 35.9 Å². The van der Waals surface area contributed by atoms with Gasteiger partial charge in [-0.15, -0.1) is 0 Å². The summed E-state index contributed by atoms with van der Waals surface area (Å²) >= 11 is 0. The Bertz CT molecular complexity index is 448. The Labute approximate surface area is 118 Å². The molecule has 0 unspecified atom stereocenters. The predicted octanol–water partition coefficient (Wildman–Crippen LogP) is 1.37. The van der Waals surface area contributed by atoms with Crippen molar-refractivity contribution in [2.75, 3.05) is 13.7 Å². The molecule has 0 aliphatic carbocycles. The summed E-state index contributed by atoms with van der Waals surface area (Å²) in [5.41, 5.74) is 1.15. The first-order valence-corrected chi connectivity index (χ1v) is 6.69. The summed E-state index contributed by atoms with van der Waals surface area (Å²) in [6.07, 6.45) is 1.01. The molecule has 0 spiro atoms. The van der Waals surface area contributed by atoms with Crippen LogP contribution in [0.5, 0.6) is 0 Å². The number of hydrogen-bond donors (Lipinski definition) is 0. The summed E-state index contributed by atoms with van der Waals surface area (Å²) in [5.74, 6) is -0.278. The first kappa shape index (κ1) is 14.5. The van der Waals surface area contributed by atoms with Crippen molar-refractivity contribution >= 4 is 12.4 Å². The van der Waals surface area contributed by atoms with Gasteiger partial charge < -0.3 is 9.47 Å². The molecule has 5 nitrogen and oxygen atoms in total. The van der Waals surface area contributed by atoms with E-state index in [0.717, 1.165) is 12.0 Å². The highest BCUT2D eigenvalue weighted by molar-refractivity contribution is 5.75. The van der Waals surface area contributed by atoms with Crippen molar-refractivity contribution < 1.29 is 19.1 Å². The lowest BCUT2D eigenvalue weighted by Gasteiger charge is -2.36. The Hall–Kier alpha value is -1.88. The van der Waals surface area contributed by atoms with Gasteiger partial charge in [0.2, 0.25) is 0 Å². The average Bonchev–Trinajstić information content (AvgIpc) is 2.49. The molecule has 1 fully saturated rings. The van der Waals surface area contributed by atoms with Gasteiger partial charge in [0.05, 0.1) is 7.11 Å². The molecule has 0 radical (unpaired) electrons. The summed E-state index contributed by atoms with van der Waals surface area (Å²) in [4.78, 5) is 24.4. The first-order chi connectivity index (χ1) is 9.74. The molecule has 0 saturated carbocycles. The molecule has 1 aliphatic rings. The SMILES string of the molecule is COC(=O)[C@@H]1C[C@@H](OC=O)CCN1Cc1ccccc1. The van der Waals surface area contributed by atoms with Crippen molar-refractivity contribution in [3.8, 4) is 0 Å². The Morgan fingerprint density at radius 3 is 2.80 bits per heavy atom. The monoisotopic (exact) mass is 277 g/mol. The van der Waals surface area contributed by atoms with Crippen molar-refractivity contribution in [2.45, 2.75) is 31.5 Å². The number of piperidine rings is 1. The Morgan fingerprint density at radius 1 is 1.40 bits per heavy atom. The van der Waals surface area contributed by atoms with Gasteiger partial charge in [0.1, 0.15) is 12.1 Å². The van der Waals surface area contributed by atoms with Crippen LogP contribution >= 0.6 is 0 Å². The van der Waals surface area contributed by atoms with Crippen LogP contribution in [0.4, 0.5) is 0 Å². The fourth-order valence-corrected chi connectivity index (χ4v) is 2.57. The summed E-state index contributed by atoms with van der Waals surface area (Å²) in [6, 6.07) is 9.62. The van der Waals surface area contributed by atoms with Gasteiger partial charge in [-0.25, -0.2) is 0 Å². The van der Waals surface area contributed by atoms with Crippen molar-refractivity contribution in [2.24, 2.45) is 0 Å². The normalized spacial score (nSPS) is 23.1. The van der Waals surface area contributed by atoms with Crippen LogP contribution in [0.2, 0.25) is 0 Å². The largest absolute Gasteiger partial charge is 0.468 e. The number of rotatable bonds is 5. The summed E-state index contributed by atoms with van der Waals surface area (Å²) in [7, 11) is 1.38. The molecule has 0 N–H and O–H groups in total. The molecule has 2 atom stereocenters. The number of methoxy groups -OCH3 is 1. The van der Waals surface area contributed by atoms with Crippen LogP contribution in [0.25, 0.3) is 0 Å². The molecule has 5 heteroatoms. The maximum absolute atomic E-state index is 11.9. The standard InChI is InChI=1S/C15H19NO4/c1-19-15(18)14-9-13(20-11-17)7-8-16(14)10-12-5-3-2-4-6-12/h2-6,11,13-14H,7-10H2,1H3/t13-,14-/m0/s1. The maximum Gasteiger partial charge on any atom is 0.323 e. The zero-order valence-electron chi connectivity index (χ0n) is 11.5. The maximum atomic E-state index is 11.9. The third-order valence-corrected chi connectivity index (χ3v) is 3.61. The topological polar surface area (TPSA) is 55.8 Å². The van der Waals surface area contributed by atoms with Crippen molar-refractivity contribution in [3.63, 3.8) is 0 Å². The molecule has 1 aromatic rings. The molecule has 0 aromatic heterocycles. The zero-order valence-corrected chi connectivity index (χ0v) is 11.5. The molecule has 0 bridgehead atoms. The van der Waals surface area contributed by atoms with E-state index in [9.17, 15) is 9.59 Å². The average molecular weight is 277 g/mol. The molecule has 1 heterocycles. The van der Waals surface area contributed by atoms with Crippen LogP contribution in [0, 0.1) is 0 Å². The second-order valence-corrected chi connectivity index (χ2v) is 4.87. The van der Waals surface area contributed by atoms with Gasteiger partial charge in [0.15, 0.2) is 0 Å². The van der Waals surface area contributed by atoms with Crippen LogP contribution in [0.1, 0.15) is 18.4 Å². The molecular formula is C15H19NO4. The predicted molar refractivity (Wildman–Crippen MR) is 72.8 cm³/mol. The van der Waals surface area contributed by atoms with Crippen LogP contribution in [-0.4, -0.2) is 43.1 Å². The number of benzene rings is 1. The Balaban J connectivity index is 2.06. The number of esters is 1. The van der Waals surface area contributed by atoms with E-state index in [0.29, 0.717) is 26.0 Å². The molecule has 2 rings (SSSR count). The Kier molecular flexibility index (Phi) is 5.12. The summed E-state index contributed by atoms with van der Waals surface area (Å²) in [6.45, 7) is 1.84. The van der Waals surface area contributed by atoms with Crippen LogP contribution < -0.4 is 0 Å². The van der Waals surface area contributed by atoms with Gasteiger partial charge in [-0.3, -0.25) is 14.5 Å². The highest BCUT2D eigenvalue weighted by Gasteiger charge is 2.34. The van der Waals surface area contributed by atoms with E-state index >= 15 is 0 Å². The second kappa shape index (κ2) is 7.05. The van der Waals surface area contributed by atoms with Gasteiger partial charge in [0, 0.05) is 19.5 Å². The third kappa shape index (κ3) is 3.57. The minimum atomic E-state index is -0.362. The van der Waals surface area contributed by atoms with Gasteiger partial charge in [0.25, 0.3) is 6.47 Å². The van der Waals surface area contributed by atoms with Gasteiger partial charge in [-0.2, -0.15) is 0 Å². The van der Waals surface area contributed by atoms with Crippen molar-refractivity contribution in [1.82, 2.24) is 4.90 Å². The number of carbonyl (C=O) groups excluding carboxylic acids is 2. The molecule has 1 saturated heterocycles. The fourth-order valence-electron chi connectivity index (χ4n) is 2.57. The summed E-state index contributed by atoms with van der Waals surface area (Å²) in [5, 5.41) is 0. The Morgan fingerprint density at radius 2 is 2.15 bits per heavy atom. The lowest BCUT2D eigenvalue weighted by molar-refractivity contribution is -0.154. The van der Waals surface area contributed by atoms with E-state index in [4.69, 9.17) is 9.47 Å².